The molecule has 1 aromatic heterocycles. The summed E-state index contributed by atoms with van der Waals surface area (Å²) in [6, 6.07) is 7.93. The molecule has 0 saturated heterocycles. The SMILES string of the molecule is Cn1cnc(-c2ccc(Br)cc2)n1. The molecule has 3 nitrogen and oxygen atoms in total. The van der Waals surface area contributed by atoms with Gasteiger partial charge in [-0.2, -0.15) is 5.10 Å². The Balaban J connectivity index is 2.41. The van der Waals surface area contributed by atoms with Crippen molar-refractivity contribution in [3.8, 4) is 11.4 Å². The minimum Gasteiger partial charge on any atom is -0.255 e. The van der Waals surface area contributed by atoms with E-state index < -0.39 is 0 Å². The van der Waals surface area contributed by atoms with Crippen LogP contribution in [0.5, 0.6) is 0 Å². The van der Waals surface area contributed by atoms with Crippen LogP contribution in [0.15, 0.2) is 35.1 Å². The third kappa shape index (κ3) is 1.78. The molecule has 0 fully saturated rings. The Hall–Kier alpha value is -1.16. The number of aryl methyl sites for hydroxylation is 1. The summed E-state index contributed by atoms with van der Waals surface area (Å²) < 4.78 is 2.75. The van der Waals surface area contributed by atoms with Crippen LogP contribution >= 0.6 is 15.9 Å². The monoisotopic (exact) mass is 237 g/mol. The summed E-state index contributed by atoms with van der Waals surface area (Å²) in [5.74, 6) is 0.759. The van der Waals surface area contributed by atoms with Crippen LogP contribution in [0, 0.1) is 0 Å². The maximum atomic E-state index is 4.20. The molecule has 0 aliphatic carbocycles. The number of benzene rings is 1. The first-order chi connectivity index (χ1) is 6.25. The normalized spacial score (nSPS) is 10.3. The minimum absolute atomic E-state index is 0.759. The molecular formula is C9H8BrN3. The fraction of sp³-hybridized carbons (Fsp3) is 0.111. The van der Waals surface area contributed by atoms with Crippen molar-refractivity contribution < 1.29 is 0 Å². The number of hydrogen-bond acceptors (Lipinski definition) is 2. The van der Waals surface area contributed by atoms with Crippen molar-refractivity contribution in [1.82, 2.24) is 14.8 Å². The van der Waals surface area contributed by atoms with Gasteiger partial charge in [0.2, 0.25) is 0 Å². The number of halogens is 1. The van der Waals surface area contributed by atoms with Crippen LogP contribution in [-0.2, 0) is 7.05 Å². The Morgan fingerprint density at radius 2 is 1.92 bits per heavy atom. The Bertz CT molecular complexity index is 405. The summed E-state index contributed by atoms with van der Waals surface area (Å²) in [4.78, 5) is 4.15. The Morgan fingerprint density at radius 1 is 1.23 bits per heavy atom. The van der Waals surface area contributed by atoms with E-state index in [-0.39, 0.29) is 0 Å². The maximum absolute atomic E-state index is 4.20. The molecule has 66 valence electrons. The van der Waals surface area contributed by atoms with Gasteiger partial charge in [-0.25, -0.2) is 4.98 Å². The third-order valence-electron chi connectivity index (χ3n) is 1.70. The van der Waals surface area contributed by atoms with Gasteiger partial charge in [-0.15, -0.1) is 0 Å². The van der Waals surface area contributed by atoms with Crippen LogP contribution in [0.3, 0.4) is 0 Å². The predicted octanol–water partition coefficient (Wildman–Crippen LogP) is 2.24. The van der Waals surface area contributed by atoms with Crippen molar-refractivity contribution in [2.75, 3.05) is 0 Å². The molecule has 0 unspecified atom stereocenters. The molecule has 1 aromatic carbocycles. The maximum Gasteiger partial charge on any atom is 0.181 e. The molecule has 0 saturated carbocycles. The summed E-state index contributed by atoms with van der Waals surface area (Å²) in [6.07, 6.45) is 1.69. The highest BCUT2D eigenvalue weighted by Crippen LogP contribution is 2.17. The Morgan fingerprint density at radius 3 is 2.46 bits per heavy atom. The van der Waals surface area contributed by atoms with Crippen molar-refractivity contribution in [3.05, 3.63) is 35.1 Å². The van der Waals surface area contributed by atoms with Gasteiger partial charge in [0.25, 0.3) is 0 Å². The summed E-state index contributed by atoms with van der Waals surface area (Å²) in [5.41, 5.74) is 1.03. The fourth-order valence-corrected chi connectivity index (χ4v) is 1.33. The zero-order chi connectivity index (χ0) is 9.26. The Kier molecular flexibility index (Phi) is 2.14. The topological polar surface area (TPSA) is 30.7 Å². The average molecular weight is 238 g/mol. The van der Waals surface area contributed by atoms with Crippen molar-refractivity contribution in [2.24, 2.45) is 7.05 Å². The van der Waals surface area contributed by atoms with Crippen molar-refractivity contribution in [1.29, 1.82) is 0 Å². The summed E-state index contributed by atoms with van der Waals surface area (Å²) in [5, 5.41) is 4.20. The average Bonchev–Trinajstić information content (AvgIpc) is 2.53. The lowest BCUT2D eigenvalue weighted by atomic mass is 10.2. The highest BCUT2D eigenvalue weighted by atomic mass is 79.9. The first-order valence-electron chi connectivity index (χ1n) is 3.87. The predicted molar refractivity (Wildman–Crippen MR) is 54.1 cm³/mol. The lowest BCUT2D eigenvalue weighted by molar-refractivity contribution is 0.768. The van der Waals surface area contributed by atoms with E-state index >= 15 is 0 Å². The molecule has 0 bridgehead atoms. The van der Waals surface area contributed by atoms with Crippen LogP contribution < -0.4 is 0 Å². The van der Waals surface area contributed by atoms with Crippen LogP contribution in [0.2, 0.25) is 0 Å². The van der Waals surface area contributed by atoms with Gasteiger partial charge in [0, 0.05) is 17.1 Å². The van der Waals surface area contributed by atoms with Crippen LogP contribution in [-0.4, -0.2) is 14.8 Å². The molecule has 0 spiro atoms. The molecule has 0 atom stereocenters. The van der Waals surface area contributed by atoms with E-state index in [2.05, 4.69) is 26.0 Å². The van der Waals surface area contributed by atoms with Gasteiger partial charge in [-0.05, 0) is 12.1 Å². The number of aromatic nitrogens is 3. The summed E-state index contributed by atoms with van der Waals surface area (Å²) >= 11 is 3.38. The summed E-state index contributed by atoms with van der Waals surface area (Å²) in [6.45, 7) is 0. The van der Waals surface area contributed by atoms with Gasteiger partial charge in [0.1, 0.15) is 6.33 Å². The van der Waals surface area contributed by atoms with Gasteiger partial charge >= 0.3 is 0 Å². The van der Waals surface area contributed by atoms with E-state index in [1.165, 1.54) is 0 Å². The molecule has 2 aromatic rings. The van der Waals surface area contributed by atoms with Crippen molar-refractivity contribution in [3.63, 3.8) is 0 Å². The third-order valence-corrected chi connectivity index (χ3v) is 2.23. The molecule has 0 aliphatic rings. The molecular weight excluding hydrogens is 230 g/mol. The molecule has 0 aliphatic heterocycles. The smallest absolute Gasteiger partial charge is 0.181 e. The standard InChI is InChI=1S/C9H8BrN3/c1-13-6-11-9(12-13)7-2-4-8(10)5-3-7/h2-6H,1H3. The minimum atomic E-state index is 0.759. The van der Waals surface area contributed by atoms with Gasteiger partial charge in [-0.1, -0.05) is 28.1 Å². The fourth-order valence-electron chi connectivity index (χ4n) is 1.07. The zero-order valence-corrected chi connectivity index (χ0v) is 8.69. The second-order valence-corrected chi connectivity index (χ2v) is 3.66. The van der Waals surface area contributed by atoms with E-state index in [1.807, 2.05) is 31.3 Å². The van der Waals surface area contributed by atoms with Crippen LogP contribution in [0.1, 0.15) is 0 Å². The number of nitrogens with zero attached hydrogens (tertiary/aromatic N) is 3. The van der Waals surface area contributed by atoms with Crippen molar-refractivity contribution >= 4 is 15.9 Å². The van der Waals surface area contributed by atoms with Crippen LogP contribution in [0.4, 0.5) is 0 Å². The molecule has 0 radical (unpaired) electrons. The first kappa shape index (κ1) is 8.44. The highest BCUT2D eigenvalue weighted by Gasteiger charge is 2.01. The van der Waals surface area contributed by atoms with E-state index in [0.717, 1.165) is 15.9 Å². The van der Waals surface area contributed by atoms with Gasteiger partial charge in [0.05, 0.1) is 0 Å². The highest BCUT2D eigenvalue weighted by molar-refractivity contribution is 9.10. The molecule has 0 amide bonds. The lowest BCUT2D eigenvalue weighted by Crippen LogP contribution is -1.87. The van der Waals surface area contributed by atoms with Gasteiger partial charge in [0.15, 0.2) is 5.82 Å². The number of hydrogen-bond donors (Lipinski definition) is 0. The van der Waals surface area contributed by atoms with Crippen molar-refractivity contribution in [2.45, 2.75) is 0 Å². The van der Waals surface area contributed by atoms with E-state index in [0.29, 0.717) is 0 Å². The molecule has 4 heteroatoms. The van der Waals surface area contributed by atoms with Crippen LogP contribution in [0.25, 0.3) is 11.4 Å². The molecule has 1 heterocycles. The van der Waals surface area contributed by atoms with E-state index in [4.69, 9.17) is 0 Å². The largest absolute Gasteiger partial charge is 0.255 e. The molecule has 0 N–H and O–H groups in total. The molecule has 13 heavy (non-hydrogen) atoms. The van der Waals surface area contributed by atoms with E-state index in [1.54, 1.807) is 11.0 Å². The number of rotatable bonds is 1. The van der Waals surface area contributed by atoms with Gasteiger partial charge in [-0.3, -0.25) is 4.68 Å². The molecule has 2 rings (SSSR count). The van der Waals surface area contributed by atoms with E-state index in [9.17, 15) is 0 Å². The second kappa shape index (κ2) is 3.30. The second-order valence-electron chi connectivity index (χ2n) is 2.75. The lowest BCUT2D eigenvalue weighted by Gasteiger charge is -1.94. The zero-order valence-electron chi connectivity index (χ0n) is 7.11. The quantitative estimate of drug-likeness (QED) is 0.762. The first-order valence-corrected chi connectivity index (χ1v) is 4.66. The van der Waals surface area contributed by atoms with Gasteiger partial charge < -0.3 is 0 Å². The summed E-state index contributed by atoms with van der Waals surface area (Å²) in [7, 11) is 1.86. The Labute approximate surface area is 84.5 Å².